The number of carboxylic acid groups (broad SMARTS) is 2. The first kappa shape index (κ1) is 63.8. The molecule has 0 fully saturated rings. The summed E-state index contributed by atoms with van der Waals surface area (Å²) in [6, 6.07) is 2.60. The lowest BCUT2D eigenvalue weighted by atomic mass is 10.2. The number of aliphatic carboxylic acids is 2. The molecule has 33 heteroatoms. The molecule has 2 unspecified atom stereocenters. The Morgan fingerprint density at radius 2 is 1.54 bits per heavy atom. The molecule has 10 aromatic heterocycles. The van der Waals surface area contributed by atoms with Crippen LogP contribution >= 0.6 is 0 Å². The van der Waals surface area contributed by atoms with Gasteiger partial charge in [0.2, 0.25) is 5.96 Å². The summed E-state index contributed by atoms with van der Waals surface area (Å²) >= 11 is 0. The fraction of sp³-hybridized carbons (Fsp3) is 0.333. The second-order valence-electron chi connectivity index (χ2n) is 16.0. The van der Waals surface area contributed by atoms with Crippen LogP contribution in [0.2, 0.25) is 0 Å². The predicted molar refractivity (Wildman–Crippen MR) is 285 cm³/mol. The smallest absolute Gasteiger partial charge is 0.353 e. The molecule has 418 valence electrons. The maximum absolute atomic E-state index is 11.1. The van der Waals surface area contributed by atoms with E-state index in [1.165, 1.54) is 40.6 Å². The number of imidazole rings is 5. The lowest BCUT2D eigenvalue weighted by Crippen LogP contribution is -2.32. The molecule has 0 saturated heterocycles. The van der Waals surface area contributed by atoms with E-state index < -0.39 is 24.1 Å². The number of guanidine groups is 1. The van der Waals surface area contributed by atoms with Gasteiger partial charge in [-0.05, 0) is 47.6 Å². The molecule has 15 N–H and O–H groups in total. The van der Waals surface area contributed by atoms with E-state index in [9.17, 15) is 14.4 Å². The van der Waals surface area contributed by atoms with E-state index in [4.69, 9.17) is 27.5 Å². The van der Waals surface area contributed by atoms with Crippen molar-refractivity contribution < 1.29 is 19.8 Å². The summed E-state index contributed by atoms with van der Waals surface area (Å²) < 4.78 is 4.45. The van der Waals surface area contributed by atoms with Crippen LogP contribution in [0.1, 0.15) is 78.2 Å². The van der Waals surface area contributed by atoms with Crippen LogP contribution in [-0.2, 0) is 29.5 Å². The van der Waals surface area contributed by atoms with Crippen LogP contribution in [0.4, 0.5) is 0 Å². The Balaban J connectivity index is 0.000000299. The quantitative estimate of drug-likeness (QED) is 0.106. The van der Waals surface area contributed by atoms with Gasteiger partial charge >= 0.3 is 11.9 Å². The zero-order valence-corrected chi connectivity index (χ0v) is 44.8. The lowest BCUT2D eigenvalue weighted by molar-refractivity contribution is -0.139. The van der Waals surface area contributed by atoms with Gasteiger partial charge in [0.15, 0.2) is 0 Å². The highest BCUT2D eigenvalue weighted by molar-refractivity contribution is 5.85. The molecule has 0 aliphatic carbocycles. The molecule has 0 radical (unpaired) electrons. The first-order chi connectivity index (χ1) is 37.2. The van der Waals surface area contributed by atoms with Crippen molar-refractivity contribution in [3.05, 3.63) is 162 Å². The number of nitrogens with one attached hydrogen (secondary N) is 7. The Hall–Kier alpha value is -10.3. The summed E-state index contributed by atoms with van der Waals surface area (Å²) in [6.07, 6.45) is 23.2. The van der Waals surface area contributed by atoms with Crippen LogP contribution in [0.3, 0.4) is 0 Å². The molecular formula is C45H68N28O5. The largest absolute Gasteiger partial charge is 0.480 e. The van der Waals surface area contributed by atoms with E-state index in [0.717, 1.165) is 52.2 Å². The van der Waals surface area contributed by atoms with Crippen molar-refractivity contribution in [3.63, 3.8) is 0 Å². The Morgan fingerprint density at radius 1 is 0.821 bits per heavy atom. The van der Waals surface area contributed by atoms with Gasteiger partial charge in [-0.2, -0.15) is 25.0 Å². The first-order valence-corrected chi connectivity index (χ1v) is 23.3. The summed E-state index contributed by atoms with van der Waals surface area (Å²) in [5, 5.41) is 48.6. The van der Waals surface area contributed by atoms with Crippen molar-refractivity contribution in [2.24, 2.45) is 33.7 Å². The normalized spacial score (nSPS) is 11.7. The number of aromatic amines is 7. The van der Waals surface area contributed by atoms with Crippen molar-refractivity contribution >= 4 is 23.7 Å². The van der Waals surface area contributed by atoms with Crippen LogP contribution in [0.5, 0.6) is 0 Å². The maximum Gasteiger partial charge on any atom is 0.353 e. The van der Waals surface area contributed by atoms with E-state index in [1.54, 1.807) is 50.6 Å². The van der Waals surface area contributed by atoms with Gasteiger partial charge < -0.3 is 52.0 Å². The average molecular weight is 1080 g/mol. The fourth-order valence-corrected chi connectivity index (χ4v) is 4.97. The fourth-order valence-electron chi connectivity index (χ4n) is 4.97. The number of carboxylic acids is 2. The topological polar surface area (TPSA) is 486 Å². The molecule has 2 atom stereocenters. The van der Waals surface area contributed by atoms with Crippen molar-refractivity contribution in [3.8, 4) is 0 Å². The molecule has 11 heterocycles. The molecule has 1 aliphatic heterocycles. The number of nitrogen functional groups attached to an aromatic ring is 1. The van der Waals surface area contributed by atoms with Crippen LogP contribution in [0, 0.1) is 41.5 Å². The molecule has 78 heavy (non-hydrogen) atoms. The zero-order chi connectivity index (χ0) is 57.8. The van der Waals surface area contributed by atoms with E-state index in [0.29, 0.717) is 17.4 Å². The minimum atomic E-state index is -1.14. The Kier molecular flexibility index (Phi) is 29.2. The minimum absolute atomic E-state index is 0.0811. The number of hydrogen-bond acceptors (Lipinski definition) is 21. The van der Waals surface area contributed by atoms with Crippen molar-refractivity contribution in [2.45, 2.75) is 93.3 Å². The van der Waals surface area contributed by atoms with Crippen molar-refractivity contribution in [2.75, 3.05) is 5.84 Å². The van der Waals surface area contributed by atoms with E-state index in [1.807, 2.05) is 70.9 Å². The van der Waals surface area contributed by atoms with E-state index in [2.05, 4.69) is 132 Å². The number of fused-ring (bicyclic) bond motifs is 1. The third-order valence-corrected chi connectivity index (χ3v) is 8.93. The summed E-state index contributed by atoms with van der Waals surface area (Å²) in [4.78, 5) is 74.1. The Bertz CT molecular complexity index is 3100. The zero-order valence-electron chi connectivity index (χ0n) is 44.8. The number of nitrogens with zero attached hydrogens (tertiary/aromatic N) is 18. The minimum Gasteiger partial charge on any atom is -0.480 e. The van der Waals surface area contributed by atoms with Gasteiger partial charge in [0.05, 0.1) is 42.8 Å². The van der Waals surface area contributed by atoms with Gasteiger partial charge in [0.1, 0.15) is 36.7 Å². The molecule has 1 aliphatic rings. The summed E-state index contributed by atoms with van der Waals surface area (Å²) in [5.41, 5.74) is 17.1. The van der Waals surface area contributed by atoms with Crippen LogP contribution in [-0.4, -0.2) is 150 Å². The monoisotopic (exact) mass is 1080 g/mol. The first-order valence-electron chi connectivity index (χ1n) is 23.3. The number of H-pyrrole nitrogens is 7. The van der Waals surface area contributed by atoms with Gasteiger partial charge in [-0.15, -0.1) is 20.4 Å². The number of aromatic nitrogens is 22. The lowest BCUT2D eigenvalue weighted by Gasteiger charge is -2.02. The molecule has 0 saturated carbocycles. The number of hydrogen-bond donors (Lipinski definition) is 12. The number of azo groups is 1. The highest BCUT2D eigenvalue weighted by Crippen LogP contribution is 2.05. The number of aryl methyl sites for hydroxylation is 8. The summed E-state index contributed by atoms with van der Waals surface area (Å²) in [5.74, 6) is 5.91. The second-order valence-corrected chi connectivity index (χ2v) is 16.0. The SMILES string of the molecule is CC(C)c1ncc[nH]1.CCc1ncc(C)[nH]1.Cc1cc(=O)n2[nH]cnc2n1.Cc1cc(C)[nH]n1.Cc1nc[nH]c1C.Cn1ccnc1.NC(Cc1cnc[nH]1)C(=O)O.NC1=NC(C(=O)O)N=N1.Nn1cnnc1.c1cn[nH]n1. The highest BCUT2D eigenvalue weighted by atomic mass is 16.4. The number of carbonyl (C=O) groups is 2. The van der Waals surface area contributed by atoms with Crippen LogP contribution in [0.15, 0.2) is 120 Å². The maximum atomic E-state index is 11.1. The summed E-state index contributed by atoms with van der Waals surface area (Å²) in [6.45, 7) is 18.0. The van der Waals surface area contributed by atoms with Gasteiger partial charge in [-0.1, -0.05) is 20.8 Å². The standard InChI is InChI=1S/C6H6N4O.C6H9N3O2.2C6H10N2.2C5H8N2.C4H6N2.C3H4N4O2.C2H4N4.C2H3N3/c1-4-2-5(11)10-6(9-4)7-3-8-10;7-5(6(10)11)1-4-2-8-3-9-4;1-5(2)6-7-3-4-8-6;1-3-6-7-4-5(2)8-6;1-4-5(2)7-3-6-4;1-4-3-5(2)7-6-4;1-6-3-2-5-4-6;4-3-5-1(2(8)9)6-7-3;3-6-1-4-5-2-6;1-2-4-5-3-1/h2-3H,1H3,(H,7,8,9);2-3,5H,1,7H2,(H,8,9)(H,10,11);3-5H,1-2H3,(H,7,8);4H,3H2,1-2H3,(H,7,8);2*3H,1-2H3,(H,6,7);2-4H,1H3;1H,(H2,4,5)(H,8,9);1-2H,3H2;1-2H,(H,3,4,5). The molecule has 11 rings (SSSR count). The Morgan fingerprint density at radius 3 is 1.86 bits per heavy atom. The molecule has 0 spiro atoms. The Labute approximate surface area is 446 Å². The molecule has 0 amide bonds. The van der Waals surface area contributed by atoms with E-state index in [-0.39, 0.29) is 17.9 Å². The third kappa shape index (κ3) is 27.6. The molecule has 33 nitrogen and oxygen atoms in total. The number of rotatable bonds is 6. The van der Waals surface area contributed by atoms with Crippen molar-refractivity contribution in [1.82, 2.24) is 109 Å². The van der Waals surface area contributed by atoms with Crippen LogP contribution in [0.25, 0.3) is 5.78 Å². The highest BCUT2D eigenvalue weighted by Gasteiger charge is 2.19. The van der Waals surface area contributed by atoms with Gasteiger partial charge in [-0.25, -0.2) is 49.4 Å². The van der Waals surface area contributed by atoms with E-state index >= 15 is 0 Å². The number of nitrogens with two attached hydrogens (primary N) is 3. The van der Waals surface area contributed by atoms with Gasteiger partial charge in [0, 0.05) is 97.5 Å². The molecule has 10 aromatic rings. The van der Waals surface area contributed by atoms with Crippen LogP contribution < -0.4 is 22.9 Å². The second kappa shape index (κ2) is 35.7. The molecule has 0 aromatic carbocycles. The average Bonchev–Trinajstić information content (AvgIpc) is 4.23. The van der Waals surface area contributed by atoms with Gasteiger partial charge in [0.25, 0.3) is 17.5 Å². The number of aliphatic imine (C=N–C) groups is 1. The molecule has 0 bridgehead atoms. The van der Waals surface area contributed by atoms with Gasteiger partial charge in [-0.3, -0.25) is 19.8 Å². The summed E-state index contributed by atoms with van der Waals surface area (Å²) in [7, 11) is 1.94. The molecular weight excluding hydrogens is 1010 g/mol. The van der Waals surface area contributed by atoms with Crippen molar-refractivity contribution in [1.29, 1.82) is 0 Å². The predicted octanol–water partition coefficient (Wildman–Crippen LogP) is 2.35. The third-order valence-electron chi connectivity index (χ3n) is 8.93.